The van der Waals surface area contributed by atoms with E-state index in [0.717, 1.165) is 19.3 Å². The molecular weight excluding hydrogens is 290 g/mol. The van der Waals surface area contributed by atoms with E-state index in [1.54, 1.807) is 13.0 Å². The topological polar surface area (TPSA) is 64.0 Å². The minimum atomic E-state index is -0.153. The van der Waals surface area contributed by atoms with Crippen LogP contribution in [-0.4, -0.2) is 21.5 Å². The molecular formula is C18H23N3O2. The normalized spacial score (nSPS) is 21.3. The van der Waals surface area contributed by atoms with E-state index in [2.05, 4.69) is 17.2 Å². The molecule has 1 aliphatic rings. The van der Waals surface area contributed by atoms with Gasteiger partial charge in [0.05, 0.1) is 10.9 Å². The van der Waals surface area contributed by atoms with Crippen LogP contribution in [0.1, 0.15) is 38.4 Å². The van der Waals surface area contributed by atoms with Gasteiger partial charge in [-0.05, 0) is 37.8 Å². The third-order valence-electron chi connectivity index (χ3n) is 4.81. The summed E-state index contributed by atoms with van der Waals surface area (Å²) < 4.78 is 1.46. The minimum Gasteiger partial charge on any atom is -0.352 e. The van der Waals surface area contributed by atoms with Crippen molar-refractivity contribution >= 4 is 16.8 Å². The van der Waals surface area contributed by atoms with Crippen LogP contribution in [0.2, 0.25) is 0 Å². The summed E-state index contributed by atoms with van der Waals surface area (Å²) in [6.07, 6.45) is 4.57. The molecule has 1 heterocycles. The van der Waals surface area contributed by atoms with E-state index in [4.69, 9.17) is 0 Å². The molecule has 2 aromatic rings. The van der Waals surface area contributed by atoms with Gasteiger partial charge in [-0.3, -0.25) is 14.2 Å². The second-order valence-electron chi connectivity index (χ2n) is 6.50. The maximum atomic E-state index is 12.6. The molecule has 0 saturated heterocycles. The van der Waals surface area contributed by atoms with E-state index in [1.807, 2.05) is 18.2 Å². The summed E-state index contributed by atoms with van der Waals surface area (Å²) in [6.45, 7) is 3.98. The summed E-state index contributed by atoms with van der Waals surface area (Å²) in [5.41, 5.74) is 0.521. The largest absolute Gasteiger partial charge is 0.352 e. The zero-order valence-corrected chi connectivity index (χ0v) is 13.7. The second-order valence-corrected chi connectivity index (χ2v) is 6.50. The number of aromatic nitrogens is 2. The number of carbonyl (C=O) groups excluding carboxylic acids is 1. The molecule has 23 heavy (non-hydrogen) atoms. The number of benzene rings is 1. The Morgan fingerprint density at radius 3 is 2.83 bits per heavy atom. The number of fused-ring (bicyclic) bond motifs is 1. The van der Waals surface area contributed by atoms with Crippen LogP contribution >= 0.6 is 0 Å². The maximum absolute atomic E-state index is 12.6. The number of amides is 1. The lowest BCUT2D eigenvalue weighted by molar-refractivity contribution is -0.123. The van der Waals surface area contributed by atoms with E-state index in [1.165, 1.54) is 11.0 Å². The van der Waals surface area contributed by atoms with Crippen molar-refractivity contribution in [2.45, 2.75) is 52.1 Å². The number of hydrogen-bond acceptors (Lipinski definition) is 3. The van der Waals surface area contributed by atoms with Crippen molar-refractivity contribution in [3.05, 3.63) is 40.4 Å². The molecule has 1 aromatic heterocycles. The third-order valence-corrected chi connectivity index (χ3v) is 4.81. The van der Waals surface area contributed by atoms with Crippen molar-refractivity contribution in [2.75, 3.05) is 0 Å². The number of nitrogens with zero attached hydrogens (tertiary/aromatic N) is 2. The van der Waals surface area contributed by atoms with Crippen LogP contribution in [0.15, 0.2) is 29.1 Å². The summed E-state index contributed by atoms with van der Waals surface area (Å²) in [5.74, 6) is 0.965. The van der Waals surface area contributed by atoms with Gasteiger partial charge in [0.2, 0.25) is 5.91 Å². The molecule has 5 nitrogen and oxygen atoms in total. The number of para-hydroxylation sites is 1. The molecule has 2 atom stereocenters. The summed E-state index contributed by atoms with van der Waals surface area (Å²) in [6, 6.07) is 7.46. The van der Waals surface area contributed by atoms with E-state index in [9.17, 15) is 9.59 Å². The Kier molecular flexibility index (Phi) is 4.46. The molecule has 0 radical (unpaired) electrons. The monoisotopic (exact) mass is 313 g/mol. The number of aryl methyl sites for hydroxylation is 1. The lowest BCUT2D eigenvalue weighted by Crippen LogP contribution is -2.43. The predicted molar refractivity (Wildman–Crippen MR) is 90.3 cm³/mol. The highest BCUT2D eigenvalue weighted by Crippen LogP contribution is 2.23. The van der Waals surface area contributed by atoms with E-state index in [0.29, 0.717) is 22.6 Å². The zero-order chi connectivity index (χ0) is 16.4. The highest BCUT2D eigenvalue weighted by atomic mass is 16.2. The van der Waals surface area contributed by atoms with Gasteiger partial charge in [-0.15, -0.1) is 0 Å². The van der Waals surface area contributed by atoms with E-state index < -0.39 is 0 Å². The van der Waals surface area contributed by atoms with Crippen molar-refractivity contribution in [1.82, 2.24) is 14.9 Å². The van der Waals surface area contributed by atoms with Crippen molar-refractivity contribution in [3.8, 4) is 0 Å². The Morgan fingerprint density at radius 2 is 2.04 bits per heavy atom. The smallest absolute Gasteiger partial charge is 0.261 e. The molecule has 122 valence electrons. The predicted octanol–water partition coefficient (Wildman–Crippen LogP) is 2.40. The first-order chi connectivity index (χ1) is 11.1. The van der Waals surface area contributed by atoms with Gasteiger partial charge in [-0.1, -0.05) is 31.9 Å². The molecule has 1 amide bonds. The van der Waals surface area contributed by atoms with Gasteiger partial charge in [0.15, 0.2) is 0 Å². The van der Waals surface area contributed by atoms with E-state index in [-0.39, 0.29) is 24.1 Å². The molecule has 1 fully saturated rings. The Balaban J connectivity index is 1.81. The first kappa shape index (κ1) is 15.7. The van der Waals surface area contributed by atoms with Gasteiger partial charge in [0.1, 0.15) is 12.4 Å². The summed E-state index contributed by atoms with van der Waals surface area (Å²) in [5, 5.41) is 3.65. The lowest BCUT2D eigenvalue weighted by Gasteiger charge is -2.29. The van der Waals surface area contributed by atoms with Crippen molar-refractivity contribution < 1.29 is 4.79 Å². The number of carbonyl (C=O) groups is 1. The average Bonchev–Trinajstić information content (AvgIpc) is 2.54. The molecule has 1 N–H and O–H groups in total. The SMILES string of the molecule is Cc1nc2ccccc2c(=O)n1CC(=O)N[C@@H]1CCCC[C@@H]1C. The highest BCUT2D eigenvalue weighted by molar-refractivity contribution is 5.79. The van der Waals surface area contributed by atoms with Gasteiger partial charge < -0.3 is 5.32 Å². The number of nitrogens with one attached hydrogen (secondary N) is 1. The molecule has 0 bridgehead atoms. The fourth-order valence-corrected chi connectivity index (χ4v) is 3.39. The molecule has 1 saturated carbocycles. The second kappa shape index (κ2) is 6.52. The molecule has 0 aliphatic heterocycles. The first-order valence-electron chi connectivity index (χ1n) is 8.32. The van der Waals surface area contributed by atoms with Crippen LogP contribution in [0.4, 0.5) is 0 Å². The van der Waals surface area contributed by atoms with Crippen LogP contribution in [0, 0.1) is 12.8 Å². The van der Waals surface area contributed by atoms with Gasteiger partial charge >= 0.3 is 0 Å². The fourth-order valence-electron chi connectivity index (χ4n) is 3.39. The maximum Gasteiger partial charge on any atom is 0.261 e. The van der Waals surface area contributed by atoms with Crippen molar-refractivity contribution in [2.24, 2.45) is 5.92 Å². The summed E-state index contributed by atoms with van der Waals surface area (Å²) in [7, 11) is 0. The molecule has 0 spiro atoms. The van der Waals surface area contributed by atoms with Crippen LogP contribution < -0.4 is 10.9 Å². The quantitative estimate of drug-likeness (QED) is 0.946. The molecule has 0 unspecified atom stereocenters. The Labute approximate surface area is 135 Å². The molecule has 1 aliphatic carbocycles. The minimum absolute atomic E-state index is 0.0335. The lowest BCUT2D eigenvalue weighted by atomic mass is 9.86. The van der Waals surface area contributed by atoms with Crippen LogP contribution in [0.5, 0.6) is 0 Å². The van der Waals surface area contributed by atoms with Gasteiger partial charge in [-0.25, -0.2) is 4.98 Å². The summed E-state index contributed by atoms with van der Waals surface area (Å²) >= 11 is 0. The zero-order valence-electron chi connectivity index (χ0n) is 13.7. The van der Waals surface area contributed by atoms with Gasteiger partial charge in [0.25, 0.3) is 5.56 Å². The van der Waals surface area contributed by atoms with E-state index >= 15 is 0 Å². The van der Waals surface area contributed by atoms with Crippen molar-refractivity contribution in [1.29, 1.82) is 0 Å². The van der Waals surface area contributed by atoms with Gasteiger partial charge in [0, 0.05) is 6.04 Å². The fraction of sp³-hybridized carbons (Fsp3) is 0.500. The van der Waals surface area contributed by atoms with Crippen LogP contribution in [0.3, 0.4) is 0 Å². The molecule has 3 rings (SSSR count). The molecule has 5 heteroatoms. The van der Waals surface area contributed by atoms with Crippen molar-refractivity contribution in [3.63, 3.8) is 0 Å². The number of hydrogen-bond donors (Lipinski definition) is 1. The average molecular weight is 313 g/mol. The van der Waals surface area contributed by atoms with Crippen LogP contribution in [0.25, 0.3) is 10.9 Å². The highest BCUT2D eigenvalue weighted by Gasteiger charge is 2.23. The Hall–Kier alpha value is -2.17. The number of rotatable bonds is 3. The Morgan fingerprint density at radius 1 is 1.30 bits per heavy atom. The standard InChI is InChI=1S/C18H23N3O2/c1-12-7-3-5-9-15(12)20-17(22)11-21-13(2)19-16-10-6-4-8-14(16)18(21)23/h4,6,8,10,12,15H,3,5,7,9,11H2,1-2H3,(H,20,22)/t12-,15+/m0/s1. The van der Waals surface area contributed by atoms with Crippen LogP contribution in [-0.2, 0) is 11.3 Å². The first-order valence-corrected chi connectivity index (χ1v) is 8.32. The van der Waals surface area contributed by atoms with Gasteiger partial charge in [-0.2, -0.15) is 0 Å². The Bertz CT molecular complexity index is 781. The molecule has 1 aromatic carbocycles. The third kappa shape index (κ3) is 3.28. The summed E-state index contributed by atoms with van der Waals surface area (Å²) in [4.78, 5) is 29.4.